The van der Waals surface area contributed by atoms with Gasteiger partial charge in [-0.15, -0.1) is 0 Å². The van der Waals surface area contributed by atoms with Crippen molar-refractivity contribution in [3.8, 4) is 0 Å². The minimum absolute atomic E-state index is 0. The van der Waals surface area contributed by atoms with Crippen molar-refractivity contribution in [2.45, 2.75) is 0 Å². The Morgan fingerprint density at radius 1 is 0.206 bits per heavy atom. The van der Waals surface area contributed by atoms with Crippen LogP contribution in [0.2, 0.25) is 0 Å². The van der Waals surface area contributed by atoms with Crippen LogP contribution in [0, 0.1) is 123 Å². The van der Waals surface area contributed by atoms with E-state index in [-0.39, 0.29) is 39.6 Å². The molecule has 0 saturated heterocycles. The molecule has 0 fully saturated rings. The summed E-state index contributed by atoms with van der Waals surface area (Å²) < 4.78 is 0. The number of nitrogens with zero attached hydrogens (tertiary/aromatic N) is 8. The Morgan fingerprint density at radius 2 is 0.206 bits per heavy atom. The van der Waals surface area contributed by atoms with Gasteiger partial charge in [-0.05, 0) is 0 Å². The molecule has 0 N–H and O–H groups in total. The smallest absolute Gasteiger partial charge is 0.356 e. The van der Waals surface area contributed by atoms with E-state index in [9.17, 15) is 0 Å². The van der Waals surface area contributed by atoms with Gasteiger partial charge in [-0.1, -0.05) is 0 Å². The van der Waals surface area contributed by atoms with Crippen molar-refractivity contribution in [3.63, 3.8) is 0 Å². The van der Waals surface area contributed by atoms with Crippen LogP contribution >= 0.6 is 0 Å². The third kappa shape index (κ3) is 684. The summed E-state index contributed by atoms with van der Waals surface area (Å²) in [4.78, 5) is 66.0. The molecule has 0 spiro atoms. The molecule has 34 heavy (non-hydrogen) atoms. The SMILES string of the molecule is O=[N+]([O-])[O-].O=[N+]([O-])[O-].O=[N+]([O-])[O-].O=[N+]([O-])[O-].O=[N+]([O-])[O-].O=[N+]([O-])[O-].O=[N+]([O-])[O-].O=[N+]([O-])[O-].[Os+4].[Os+4]. The van der Waals surface area contributed by atoms with Gasteiger partial charge in [-0.25, -0.2) is 0 Å². The van der Waals surface area contributed by atoms with Gasteiger partial charge in [0.15, 0.2) is 0 Å². The third-order valence-electron chi connectivity index (χ3n) is 0. The van der Waals surface area contributed by atoms with E-state index in [4.69, 9.17) is 123 Å². The van der Waals surface area contributed by atoms with Gasteiger partial charge in [0.05, 0.1) is 40.7 Å². The van der Waals surface area contributed by atoms with Gasteiger partial charge in [-0.2, -0.15) is 0 Å². The van der Waals surface area contributed by atoms with E-state index in [0.29, 0.717) is 0 Å². The Kier molecular flexibility index (Phi) is 105. The molecule has 0 amide bonds. The van der Waals surface area contributed by atoms with Crippen molar-refractivity contribution in [2.75, 3.05) is 0 Å². The first-order chi connectivity index (χ1) is 13.9. The zero-order chi connectivity index (χ0) is 28.6. The second-order valence-corrected chi connectivity index (χ2v) is 1.79. The molecule has 0 atom stereocenters. The van der Waals surface area contributed by atoms with Crippen molar-refractivity contribution >= 4 is 0 Å². The fourth-order valence-electron chi connectivity index (χ4n) is 0. The predicted octanol–water partition coefficient (Wildman–Crippen LogP) is -1.92. The average molecular weight is 876 g/mol. The van der Waals surface area contributed by atoms with Crippen molar-refractivity contribution in [1.29, 1.82) is 0 Å². The van der Waals surface area contributed by atoms with Crippen LogP contribution in [0.1, 0.15) is 0 Å². The Hall–Kier alpha value is -5.13. The average Bonchev–Trinajstić information content (AvgIpc) is 2.30. The second-order valence-electron chi connectivity index (χ2n) is 1.79. The van der Waals surface area contributed by atoms with Crippen LogP contribution in [-0.4, -0.2) is 40.7 Å². The van der Waals surface area contributed by atoms with Gasteiger partial charge >= 0.3 is 39.6 Å². The number of rotatable bonds is 0. The molecule has 0 bridgehead atoms. The first-order valence-corrected chi connectivity index (χ1v) is 4.38. The maximum absolute atomic E-state index is 8.25. The van der Waals surface area contributed by atoms with Crippen LogP contribution in [0.15, 0.2) is 0 Å². The first kappa shape index (κ1) is 63.0. The molecule has 0 rings (SSSR count). The zero-order valence-electron chi connectivity index (χ0n) is 14.1. The summed E-state index contributed by atoms with van der Waals surface area (Å²) in [5, 5.41) is 118. The Bertz CT molecular complexity index is 365. The molecule has 0 aliphatic heterocycles. The van der Waals surface area contributed by atoms with Crippen molar-refractivity contribution in [2.24, 2.45) is 0 Å². The maximum Gasteiger partial charge on any atom is 4.00 e. The second kappa shape index (κ2) is 56.5. The van der Waals surface area contributed by atoms with E-state index in [2.05, 4.69) is 0 Å². The minimum atomic E-state index is -1.75. The normalized spacial score (nSPS) is 5.65. The third-order valence-corrected chi connectivity index (χ3v) is 0. The molecule has 0 aliphatic rings. The van der Waals surface area contributed by atoms with E-state index < -0.39 is 40.7 Å². The van der Waals surface area contributed by atoms with E-state index in [1.165, 1.54) is 0 Å². The number of hydrogen-bond acceptors (Lipinski definition) is 24. The quantitative estimate of drug-likeness (QED) is 0.189. The summed E-state index contributed by atoms with van der Waals surface area (Å²) in [7, 11) is 0. The summed E-state index contributed by atoms with van der Waals surface area (Å²) in [5.41, 5.74) is 0. The molecule has 0 aromatic heterocycles. The Balaban J connectivity index is -0.0000000240. The summed E-state index contributed by atoms with van der Waals surface area (Å²) in [6.07, 6.45) is 0. The molecule has 0 radical (unpaired) electrons. The molecule has 0 heterocycles. The van der Waals surface area contributed by atoms with Crippen molar-refractivity contribution in [1.82, 2.24) is 0 Å². The number of hydrogen-bond donors (Lipinski definition) is 0. The first-order valence-electron chi connectivity index (χ1n) is 4.38. The van der Waals surface area contributed by atoms with Crippen molar-refractivity contribution in [3.05, 3.63) is 123 Å². The van der Waals surface area contributed by atoms with E-state index >= 15 is 0 Å². The standard InChI is InChI=1S/8NO3.2Os/c8*2-1(3)4;;/q8*-1;2*+4. The van der Waals surface area contributed by atoms with Gasteiger partial charge < -0.3 is 123 Å². The minimum Gasteiger partial charge on any atom is -0.356 e. The molecule has 200 valence electrons. The Morgan fingerprint density at radius 3 is 0.206 bits per heavy atom. The molecule has 0 aromatic carbocycles. The largest absolute Gasteiger partial charge is 4.00 e. The van der Waals surface area contributed by atoms with E-state index in [1.54, 1.807) is 0 Å². The van der Waals surface area contributed by atoms with Crippen LogP contribution in [0.4, 0.5) is 0 Å². The van der Waals surface area contributed by atoms with Crippen LogP contribution < -0.4 is 0 Å². The summed E-state index contributed by atoms with van der Waals surface area (Å²) in [5.74, 6) is 0. The fourth-order valence-corrected chi connectivity index (χ4v) is 0. The molecule has 0 aliphatic carbocycles. The maximum atomic E-state index is 8.25. The van der Waals surface area contributed by atoms with Crippen LogP contribution in [0.25, 0.3) is 0 Å². The molecule has 0 aromatic rings. The van der Waals surface area contributed by atoms with Crippen LogP contribution in [0.3, 0.4) is 0 Å². The molecular formula is N8O24Os2. The summed E-state index contributed by atoms with van der Waals surface area (Å²) in [6.45, 7) is 0. The monoisotopic (exact) mass is 880 g/mol. The van der Waals surface area contributed by atoms with Gasteiger partial charge in [0.1, 0.15) is 0 Å². The van der Waals surface area contributed by atoms with E-state index in [0.717, 1.165) is 0 Å². The summed E-state index contributed by atoms with van der Waals surface area (Å²) >= 11 is 0. The van der Waals surface area contributed by atoms with Gasteiger partial charge in [0.2, 0.25) is 0 Å². The van der Waals surface area contributed by atoms with Gasteiger partial charge in [0, 0.05) is 0 Å². The predicted molar refractivity (Wildman–Crippen MR) is 82.9 cm³/mol. The molecular weight excluding hydrogens is 876 g/mol. The van der Waals surface area contributed by atoms with Crippen LogP contribution in [0.5, 0.6) is 0 Å². The molecule has 34 heteroatoms. The topological polar surface area (TPSA) is 530 Å². The zero-order valence-corrected chi connectivity index (χ0v) is 19.2. The van der Waals surface area contributed by atoms with Crippen LogP contribution in [-0.2, 0) is 39.6 Å². The molecule has 0 unspecified atom stereocenters. The van der Waals surface area contributed by atoms with E-state index in [1.807, 2.05) is 0 Å². The molecule has 0 saturated carbocycles. The Labute approximate surface area is 203 Å². The van der Waals surface area contributed by atoms with Gasteiger partial charge in [-0.3, -0.25) is 0 Å². The molecule has 32 nitrogen and oxygen atoms in total. The fraction of sp³-hybridized carbons (Fsp3) is 0. The van der Waals surface area contributed by atoms with Gasteiger partial charge in [0.25, 0.3) is 0 Å². The van der Waals surface area contributed by atoms with Crippen molar-refractivity contribution < 1.29 is 80.3 Å². The summed E-state index contributed by atoms with van der Waals surface area (Å²) in [6, 6.07) is 0.